The van der Waals surface area contributed by atoms with E-state index in [1.165, 1.54) is 0 Å². The first kappa shape index (κ1) is 18.8. The van der Waals surface area contributed by atoms with Crippen molar-refractivity contribution in [3.63, 3.8) is 0 Å². The molecule has 3 N–H and O–H groups in total. The summed E-state index contributed by atoms with van der Waals surface area (Å²) in [6, 6.07) is 15.3. The lowest BCUT2D eigenvalue weighted by Gasteiger charge is -2.15. The number of hydrogen-bond acceptors (Lipinski definition) is 3. The van der Waals surface area contributed by atoms with E-state index in [2.05, 4.69) is 5.32 Å². The predicted octanol–water partition coefficient (Wildman–Crippen LogP) is 3.13. The van der Waals surface area contributed by atoms with Crippen LogP contribution in [-0.2, 0) is 11.2 Å². The minimum absolute atomic E-state index is 0. The van der Waals surface area contributed by atoms with Crippen LogP contribution in [0.4, 0.5) is 5.69 Å². The van der Waals surface area contributed by atoms with Gasteiger partial charge in [-0.3, -0.25) is 4.79 Å². The van der Waals surface area contributed by atoms with Gasteiger partial charge >= 0.3 is 0 Å². The van der Waals surface area contributed by atoms with Gasteiger partial charge in [0.2, 0.25) is 0 Å². The lowest BCUT2D eigenvalue weighted by Crippen LogP contribution is -2.37. The molecule has 5 heteroatoms. The molecule has 1 atom stereocenters. The highest BCUT2D eigenvalue weighted by atomic mass is 35.5. The largest absolute Gasteiger partial charge is 0.481 e. The third-order valence-corrected chi connectivity index (χ3v) is 3.36. The molecule has 0 fully saturated rings. The molecule has 2 aromatic carbocycles. The molecule has 0 aromatic heterocycles. The van der Waals surface area contributed by atoms with Gasteiger partial charge in [0.05, 0.1) is 0 Å². The summed E-state index contributed by atoms with van der Waals surface area (Å²) in [5.74, 6) is 0.595. The van der Waals surface area contributed by atoms with Crippen LogP contribution < -0.4 is 15.8 Å². The topological polar surface area (TPSA) is 64.3 Å². The molecule has 0 heterocycles. The molecule has 0 aliphatic carbocycles. The fourth-order valence-electron chi connectivity index (χ4n) is 2.10. The van der Waals surface area contributed by atoms with Crippen molar-refractivity contribution in [3.05, 3.63) is 59.7 Å². The molecule has 0 aliphatic heterocycles. The zero-order valence-corrected chi connectivity index (χ0v) is 14.2. The van der Waals surface area contributed by atoms with Gasteiger partial charge in [0, 0.05) is 12.2 Å². The van der Waals surface area contributed by atoms with Gasteiger partial charge in [-0.25, -0.2) is 0 Å². The van der Waals surface area contributed by atoms with E-state index in [9.17, 15) is 4.79 Å². The van der Waals surface area contributed by atoms with Gasteiger partial charge in [0.15, 0.2) is 6.10 Å². The summed E-state index contributed by atoms with van der Waals surface area (Å²) in [5.41, 5.74) is 8.63. The number of nitrogen functional groups attached to an aromatic ring is 1. The van der Waals surface area contributed by atoms with Crippen molar-refractivity contribution in [2.75, 3.05) is 12.3 Å². The normalized spacial score (nSPS) is 11.2. The molecular formula is C18H23ClN2O2. The minimum atomic E-state index is -0.520. The Bertz CT molecular complexity index is 629. The number of nitrogens with two attached hydrogens (primary N) is 1. The summed E-state index contributed by atoms with van der Waals surface area (Å²) in [4.78, 5) is 12.0. The second kappa shape index (κ2) is 9.06. The molecule has 4 nitrogen and oxygen atoms in total. The number of halogens is 1. The minimum Gasteiger partial charge on any atom is -0.481 e. The van der Waals surface area contributed by atoms with E-state index in [1.54, 1.807) is 6.92 Å². The molecule has 0 saturated heterocycles. The molecule has 1 unspecified atom stereocenters. The summed E-state index contributed by atoms with van der Waals surface area (Å²) in [5, 5.41) is 2.89. The summed E-state index contributed by atoms with van der Waals surface area (Å²) in [6.45, 7) is 4.31. The first-order chi connectivity index (χ1) is 10.5. The van der Waals surface area contributed by atoms with E-state index in [0.29, 0.717) is 12.3 Å². The highest BCUT2D eigenvalue weighted by molar-refractivity contribution is 5.85. The number of carbonyl (C=O) groups is 1. The van der Waals surface area contributed by atoms with Crippen LogP contribution in [0.1, 0.15) is 18.1 Å². The SMILES string of the molecule is Cc1cccc(OC(C)C(=O)NCCc2ccc(N)cc2)c1.Cl. The zero-order chi connectivity index (χ0) is 15.9. The Labute approximate surface area is 143 Å². The summed E-state index contributed by atoms with van der Waals surface area (Å²) >= 11 is 0. The van der Waals surface area contributed by atoms with Crippen LogP contribution >= 0.6 is 12.4 Å². The zero-order valence-electron chi connectivity index (χ0n) is 13.4. The second-order valence-corrected chi connectivity index (χ2v) is 5.36. The van der Waals surface area contributed by atoms with E-state index in [0.717, 1.165) is 23.2 Å². The molecule has 0 spiro atoms. The molecule has 23 heavy (non-hydrogen) atoms. The number of rotatable bonds is 6. The van der Waals surface area contributed by atoms with Crippen LogP contribution in [-0.4, -0.2) is 18.6 Å². The summed E-state index contributed by atoms with van der Waals surface area (Å²) in [6.07, 6.45) is 0.247. The monoisotopic (exact) mass is 334 g/mol. The third kappa shape index (κ3) is 6.20. The molecular weight excluding hydrogens is 312 g/mol. The van der Waals surface area contributed by atoms with Crippen LogP contribution in [0.25, 0.3) is 0 Å². The molecule has 1 amide bonds. The number of ether oxygens (including phenoxy) is 1. The number of nitrogens with one attached hydrogen (secondary N) is 1. The van der Waals surface area contributed by atoms with Crippen LogP contribution in [0.5, 0.6) is 5.75 Å². The first-order valence-electron chi connectivity index (χ1n) is 7.40. The average molecular weight is 335 g/mol. The van der Waals surface area contributed by atoms with Gasteiger partial charge in [-0.2, -0.15) is 0 Å². The summed E-state index contributed by atoms with van der Waals surface area (Å²) in [7, 11) is 0. The Kier molecular flexibility index (Phi) is 7.42. The van der Waals surface area contributed by atoms with E-state index >= 15 is 0 Å². The molecule has 0 radical (unpaired) electrons. The Hall–Kier alpha value is -2.20. The number of carbonyl (C=O) groups excluding carboxylic acids is 1. The van der Waals surface area contributed by atoms with Crippen LogP contribution in [0, 0.1) is 6.92 Å². The van der Waals surface area contributed by atoms with Gasteiger partial charge in [-0.1, -0.05) is 24.3 Å². The van der Waals surface area contributed by atoms with Crippen molar-refractivity contribution in [2.24, 2.45) is 0 Å². The van der Waals surface area contributed by atoms with Crippen molar-refractivity contribution >= 4 is 24.0 Å². The lowest BCUT2D eigenvalue weighted by atomic mass is 10.1. The van der Waals surface area contributed by atoms with E-state index in [1.807, 2.05) is 55.5 Å². The predicted molar refractivity (Wildman–Crippen MR) is 96.1 cm³/mol. The van der Waals surface area contributed by atoms with Crippen LogP contribution in [0.2, 0.25) is 0 Å². The van der Waals surface area contributed by atoms with E-state index < -0.39 is 6.10 Å². The van der Waals surface area contributed by atoms with Gasteiger partial charge < -0.3 is 15.8 Å². The Morgan fingerprint density at radius 3 is 2.57 bits per heavy atom. The molecule has 2 rings (SSSR count). The molecule has 2 aromatic rings. The van der Waals surface area contributed by atoms with Crippen LogP contribution in [0.3, 0.4) is 0 Å². The van der Waals surface area contributed by atoms with Gasteiger partial charge in [-0.15, -0.1) is 12.4 Å². The van der Waals surface area contributed by atoms with Crippen LogP contribution in [0.15, 0.2) is 48.5 Å². The fourth-order valence-corrected chi connectivity index (χ4v) is 2.10. The number of aryl methyl sites for hydroxylation is 1. The van der Waals surface area contributed by atoms with Gasteiger partial charge in [0.25, 0.3) is 5.91 Å². The average Bonchev–Trinajstić information content (AvgIpc) is 2.49. The van der Waals surface area contributed by atoms with Gasteiger partial charge in [0.1, 0.15) is 5.75 Å². The Balaban J connectivity index is 0.00000264. The van der Waals surface area contributed by atoms with E-state index in [-0.39, 0.29) is 18.3 Å². The first-order valence-corrected chi connectivity index (χ1v) is 7.40. The lowest BCUT2D eigenvalue weighted by molar-refractivity contribution is -0.127. The van der Waals surface area contributed by atoms with Crippen molar-refractivity contribution in [2.45, 2.75) is 26.4 Å². The van der Waals surface area contributed by atoms with Crippen molar-refractivity contribution < 1.29 is 9.53 Å². The smallest absolute Gasteiger partial charge is 0.260 e. The van der Waals surface area contributed by atoms with Gasteiger partial charge in [-0.05, 0) is 55.7 Å². The number of amides is 1. The van der Waals surface area contributed by atoms with Crippen molar-refractivity contribution in [3.8, 4) is 5.75 Å². The standard InChI is InChI=1S/C18H22N2O2.ClH/c1-13-4-3-5-17(12-13)22-14(2)18(21)20-11-10-15-6-8-16(19)9-7-15;/h3-9,12,14H,10-11,19H2,1-2H3,(H,20,21);1H. The molecule has 0 saturated carbocycles. The Morgan fingerprint density at radius 2 is 1.91 bits per heavy atom. The fraction of sp³-hybridized carbons (Fsp3) is 0.278. The van der Waals surface area contributed by atoms with Crippen molar-refractivity contribution in [1.82, 2.24) is 5.32 Å². The molecule has 0 aliphatic rings. The molecule has 124 valence electrons. The van der Waals surface area contributed by atoms with E-state index in [4.69, 9.17) is 10.5 Å². The molecule has 0 bridgehead atoms. The second-order valence-electron chi connectivity index (χ2n) is 5.36. The maximum atomic E-state index is 12.0. The summed E-state index contributed by atoms with van der Waals surface area (Å²) < 4.78 is 5.65. The highest BCUT2D eigenvalue weighted by Crippen LogP contribution is 2.14. The number of hydrogen-bond donors (Lipinski definition) is 2. The quantitative estimate of drug-likeness (QED) is 0.798. The maximum Gasteiger partial charge on any atom is 0.260 e. The maximum absolute atomic E-state index is 12.0. The third-order valence-electron chi connectivity index (χ3n) is 3.36. The number of benzene rings is 2. The Morgan fingerprint density at radius 1 is 1.22 bits per heavy atom. The van der Waals surface area contributed by atoms with Crippen molar-refractivity contribution in [1.29, 1.82) is 0 Å². The number of anilines is 1. The highest BCUT2D eigenvalue weighted by Gasteiger charge is 2.13.